The molecule has 0 radical (unpaired) electrons. The van der Waals surface area contributed by atoms with Crippen LogP contribution >= 0.6 is 12.2 Å². The average molecular weight is 273 g/mol. The van der Waals surface area contributed by atoms with Crippen LogP contribution in [0.2, 0.25) is 0 Å². The van der Waals surface area contributed by atoms with Gasteiger partial charge >= 0.3 is 0 Å². The second-order valence-electron chi connectivity index (χ2n) is 4.24. The van der Waals surface area contributed by atoms with Gasteiger partial charge in [0.05, 0.1) is 17.8 Å². The zero-order chi connectivity index (χ0) is 13.8. The van der Waals surface area contributed by atoms with Crippen LogP contribution in [-0.2, 0) is 6.54 Å². The molecule has 3 N–H and O–H groups in total. The molecule has 0 unspecified atom stereocenters. The molecular formula is C13H15N5S. The number of rotatable bonds is 4. The van der Waals surface area contributed by atoms with Gasteiger partial charge in [-0.15, -0.1) is 0 Å². The van der Waals surface area contributed by atoms with Gasteiger partial charge in [0.15, 0.2) is 0 Å². The van der Waals surface area contributed by atoms with Crippen molar-refractivity contribution in [2.45, 2.75) is 20.4 Å². The maximum Gasteiger partial charge on any atom is 0.137 e. The number of nitrogens with zero attached hydrogens (tertiary/aromatic N) is 3. The lowest BCUT2D eigenvalue weighted by Crippen LogP contribution is -2.17. The minimum Gasteiger partial charge on any atom is -0.389 e. The van der Waals surface area contributed by atoms with Crippen molar-refractivity contribution in [2.75, 3.05) is 5.32 Å². The van der Waals surface area contributed by atoms with Crippen LogP contribution in [0, 0.1) is 13.8 Å². The van der Waals surface area contributed by atoms with E-state index in [9.17, 15) is 0 Å². The number of aryl methyl sites for hydroxylation is 2. The Balaban J connectivity index is 2.27. The van der Waals surface area contributed by atoms with Crippen LogP contribution in [0.3, 0.4) is 0 Å². The molecule has 0 aliphatic rings. The van der Waals surface area contributed by atoms with E-state index in [-0.39, 0.29) is 0 Å². The summed E-state index contributed by atoms with van der Waals surface area (Å²) in [7, 11) is 0. The normalized spacial score (nSPS) is 10.2. The number of anilines is 1. The lowest BCUT2D eigenvalue weighted by atomic mass is 10.1. The molecule has 0 spiro atoms. The number of hydrogen-bond donors (Lipinski definition) is 2. The van der Waals surface area contributed by atoms with Gasteiger partial charge in [-0.05, 0) is 37.6 Å². The Bertz CT molecular complexity index is 597. The SMILES string of the molecule is Cc1cc(C)c(C(N)=S)c(NCc2cccnn2)n1. The molecule has 19 heavy (non-hydrogen) atoms. The van der Waals surface area contributed by atoms with E-state index < -0.39 is 0 Å². The van der Waals surface area contributed by atoms with Crippen molar-refractivity contribution in [3.8, 4) is 0 Å². The Morgan fingerprint density at radius 1 is 1.42 bits per heavy atom. The molecule has 2 rings (SSSR count). The van der Waals surface area contributed by atoms with Crippen LogP contribution in [0.15, 0.2) is 24.4 Å². The molecule has 6 heteroatoms. The van der Waals surface area contributed by atoms with Gasteiger partial charge in [-0.1, -0.05) is 12.2 Å². The number of thiocarbonyl (C=S) groups is 1. The largest absolute Gasteiger partial charge is 0.389 e. The van der Waals surface area contributed by atoms with E-state index in [4.69, 9.17) is 18.0 Å². The lowest BCUT2D eigenvalue weighted by molar-refractivity contribution is 0.918. The Morgan fingerprint density at radius 2 is 2.21 bits per heavy atom. The predicted molar refractivity (Wildman–Crippen MR) is 79.0 cm³/mol. The van der Waals surface area contributed by atoms with Crippen molar-refractivity contribution in [3.63, 3.8) is 0 Å². The van der Waals surface area contributed by atoms with E-state index >= 15 is 0 Å². The first-order chi connectivity index (χ1) is 9.08. The maximum atomic E-state index is 5.76. The van der Waals surface area contributed by atoms with Crippen LogP contribution in [0.5, 0.6) is 0 Å². The molecule has 0 aliphatic carbocycles. The fourth-order valence-electron chi connectivity index (χ4n) is 1.88. The van der Waals surface area contributed by atoms with E-state index in [1.54, 1.807) is 6.20 Å². The Labute approximate surface area is 117 Å². The van der Waals surface area contributed by atoms with E-state index in [1.165, 1.54) is 0 Å². The summed E-state index contributed by atoms with van der Waals surface area (Å²) in [6.45, 7) is 4.43. The highest BCUT2D eigenvalue weighted by atomic mass is 32.1. The third kappa shape index (κ3) is 3.23. The topological polar surface area (TPSA) is 76.7 Å². The summed E-state index contributed by atoms with van der Waals surface area (Å²) in [5.41, 5.74) is 9.30. The van der Waals surface area contributed by atoms with Gasteiger partial charge < -0.3 is 11.1 Å². The van der Waals surface area contributed by atoms with Crippen molar-refractivity contribution in [2.24, 2.45) is 5.73 Å². The van der Waals surface area contributed by atoms with Crippen molar-refractivity contribution >= 4 is 23.0 Å². The summed E-state index contributed by atoms with van der Waals surface area (Å²) in [4.78, 5) is 4.78. The number of aromatic nitrogens is 3. The lowest BCUT2D eigenvalue weighted by Gasteiger charge is -2.13. The molecule has 0 amide bonds. The predicted octanol–water partition coefficient (Wildman–Crippen LogP) is 1.73. The smallest absolute Gasteiger partial charge is 0.137 e. The van der Waals surface area contributed by atoms with Gasteiger partial charge in [0.25, 0.3) is 0 Å². The van der Waals surface area contributed by atoms with Crippen LogP contribution in [-0.4, -0.2) is 20.2 Å². The zero-order valence-corrected chi connectivity index (χ0v) is 11.7. The first-order valence-corrected chi connectivity index (χ1v) is 6.27. The summed E-state index contributed by atoms with van der Waals surface area (Å²) in [5.74, 6) is 0.690. The molecule has 0 saturated carbocycles. The van der Waals surface area contributed by atoms with Gasteiger partial charge in [-0.2, -0.15) is 10.2 Å². The van der Waals surface area contributed by atoms with E-state index in [1.807, 2.05) is 32.0 Å². The first kappa shape index (κ1) is 13.4. The second-order valence-corrected chi connectivity index (χ2v) is 4.68. The van der Waals surface area contributed by atoms with Crippen molar-refractivity contribution < 1.29 is 0 Å². The Kier molecular flexibility index (Phi) is 4.01. The minimum atomic E-state index is 0.339. The summed E-state index contributed by atoms with van der Waals surface area (Å²) >= 11 is 5.08. The van der Waals surface area contributed by atoms with E-state index in [0.717, 1.165) is 22.5 Å². The third-order valence-corrected chi connectivity index (χ3v) is 2.86. The maximum absolute atomic E-state index is 5.76. The number of nitrogens with two attached hydrogens (primary N) is 1. The fraction of sp³-hybridized carbons (Fsp3) is 0.231. The number of pyridine rings is 1. The molecule has 98 valence electrons. The minimum absolute atomic E-state index is 0.339. The quantitative estimate of drug-likeness (QED) is 0.826. The average Bonchev–Trinajstić information content (AvgIpc) is 2.36. The highest BCUT2D eigenvalue weighted by Crippen LogP contribution is 2.19. The van der Waals surface area contributed by atoms with Crippen LogP contribution < -0.4 is 11.1 Å². The van der Waals surface area contributed by atoms with Gasteiger partial charge in [0.1, 0.15) is 10.8 Å². The molecule has 5 nitrogen and oxygen atoms in total. The van der Waals surface area contributed by atoms with E-state index in [0.29, 0.717) is 17.4 Å². The number of hydrogen-bond acceptors (Lipinski definition) is 5. The van der Waals surface area contributed by atoms with Gasteiger partial charge in [-0.25, -0.2) is 4.98 Å². The van der Waals surface area contributed by atoms with Crippen molar-refractivity contribution in [1.29, 1.82) is 0 Å². The molecule has 0 bridgehead atoms. The molecule has 2 aromatic rings. The summed E-state index contributed by atoms with van der Waals surface area (Å²) in [5, 5.41) is 11.0. The molecule has 2 heterocycles. The summed E-state index contributed by atoms with van der Waals surface area (Å²) in [6, 6.07) is 5.69. The summed E-state index contributed by atoms with van der Waals surface area (Å²) in [6.07, 6.45) is 1.64. The standard InChI is InChI=1S/C13H15N5S/c1-8-6-9(2)17-13(11(8)12(14)19)15-7-10-4-3-5-16-18-10/h3-6H,7H2,1-2H3,(H2,14,19)(H,15,17). The van der Waals surface area contributed by atoms with Crippen LogP contribution in [0.4, 0.5) is 5.82 Å². The van der Waals surface area contributed by atoms with Gasteiger partial charge in [0.2, 0.25) is 0 Å². The van der Waals surface area contributed by atoms with Gasteiger partial charge in [0, 0.05) is 11.9 Å². The highest BCUT2D eigenvalue weighted by Gasteiger charge is 2.11. The van der Waals surface area contributed by atoms with Crippen LogP contribution in [0.1, 0.15) is 22.5 Å². The second kappa shape index (κ2) is 5.71. The van der Waals surface area contributed by atoms with Crippen LogP contribution in [0.25, 0.3) is 0 Å². The summed E-state index contributed by atoms with van der Waals surface area (Å²) < 4.78 is 0. The molecule has 0 aromatic carbocycles. The van der Waals surface area contributed by atoms with Crippen molar-refractivity contribution in [1.82, 2.24) is 15.2 Å². The highest BCUT2D eigenvalue weighted by molar-refractivity contribution is 7.80. The molecular weight excluding hydrogens is 258 g/mol. The zero-order valence-electron chi connectivity index (χ0n) is 10.8. The third-order valence-electron chi connectivity index (χ3n) is 2.66. The Morgan fingerprint density at radius 3 is 2.84 bits per heavy atom. The van der Waals surface area contributed by atoms with Gasteiger partial charge in [-0.3, -0.25) is 0 Å². The molecule has 0 fully saturated rings. The first-order valence-electron chi connectivity index (χ1n) is 5.86. The monoisotopic (exact) mass is 273 g/mol. The Hall–Kier alpha value is -2.08. The molecule has 0 atom stereocenters. The number of nitrogens with one attached hydrogen (secondary N) is 1. The molecule has 0 saturated heterocycles. The van der Waals surface area contributed by atoms with Crippen molar-refractivity contribution in [3.05, 3.63) is 46.9 Å². The fourth-order valence-corrected chi connectivity index (χ4v) is 2.14. The molecule has 0 aliphatic heterocycles. The molecule has 2 aromatic heterocycles. The van der Waals surface area contributed by atoms with E-state index in [2.05, 4.69) is 20.5 Å².